The number of rotatable bonds is 5. The van der Waals surface area contributed by atoms with Gasteiger partial charge in [-0.3, -0.25) is 15.1 Å². The number of aromatic nitrogens is 2. The number of amides is 1. The van der Waals surface area contributed by atoms with Crippen LogP contribution in [0.1, 0.15) is 9.67 Å². The lowest BCUT2D eigenvalue weighted by Gasteiger charge is -2.28. The number of nitrogens with one attached hydrogen (secondary N) is 1. The fourth-order valence-electron chi connectivity index (χ4n) is 3.46. The lowest BCUT2D eigenvalue weighted by atomic mass is 10.1. The number of carbonyl (C=O) groups excluding carboxylic acids is 1. The van der Waals surface area contributed by atoms with Gasteiger partial charge in [-0.1, -0.05) is 30.3 Å². The molecule has 1 aliphatic rings. The van der Waals surface area contributed by atoms with Crippen molar-refractivity contribution in [3.63, 3.8) is 0 Å². The molecule has 3 aromatic heterocycles. The molecule has 1 N–H and O–H groups in total. The topological polar surface area (TPSA) is 67.4 Å². The molecule has 6 nitrogen and oxygen atoms in total. The number of hydrogen-bond donors (Lipinski definition) is 1. The third-order valence-electron chi connectivity index (χ3n) is 5.00. The van der Waals surface area contributed by atoms with Crippen LogP contribution in [0.3, 0.4) is 0 Å². The minimum atomic E-state index is -0.145. The zero-order chi connectivity index (χ0) is 21.0. The number of anilines is 2. The van der Waals surface area contributed by atoms with Crippen LogP contribution >= 0.6 is 22.7 Å². The molecule has 5 rings (SSSR count). The average molecular weight is 449 g/mol. The number of thiazole rings is 1. The van der Waals surface area contributed by atoms with Crippen molar-refractivity contribution in [2.24, 2.45) is 0 Å². The molecule has 4 heterocycles. The monoisotopic (exact) mass is 448 g/mol. The van der Waals surface area contributed by atoms with E-state index in [2.05, 4.69) is 32.3 Å². The van der Waals surface area contributed by atoms with Gasteiger partial charge in [-0.15, -0.1) is 22.7 Å². The molecule has 0 saturated carbocycles. The van der Waals surface area contributed by atoms with Crippen molar-refractivity contribution in [2.75, 3.05) is 36.5 Å². The van der Waals surface area contributed by atoms with Crippen LogP contribution in [0.5, 0.6) is 0 Å². The van der Waals surface area contributed by atoms with Gasteiger partial charge in [-0.05, 0) is 23.8 Å². The lowest BCUT2D eigenvalue weighted by Crippen LogP contribution is -2.35. The summed E-state index contributed by atoms with van der Waals surface area (Å²) in [6.07, 6.45) is 3.49. The van der Waals surface area contributed by atoms with E-state index < -0.39 is 0 Å². The summed E-state index contributed by atoms with van der Waals surface area (Å²) in [5.74, 6) is -0.145. The van der Waals surface area contributed by atoms with Gasteiger partial charge in [0, 0.05) is 42.0 Å². The molecule has 156 valence electrons. The van der Waals surface area contributed by atoms with Crippen LogP contribution < -0.4 is 10.2 Å². The molecule has 1 aromatic carbocycles. The molecule has 0 radical (unpaired) electrons. The number of pyridine rings is 1. The van der Waals surface area contributed by atoms with Crippen LogP contribution in [0.2, 0.25) is 0 Å². The lowest BCUT2D eigenvalue weighted by molar-refractivity contribution is 0.103. The normalized spacial score (nSPS) is 13.9. The summed E-state index contributed by atoms with van der Waals surface area (Å²) in [6.45, 7) is 3.04. The van der Waals surface area contributed by atoms with E-state index >= 15 is 0 Å². The van der Waals surface area contributed by atoms with Crippen molar-refractivity contribution in [3.8, 4) is 22.4 Å². The van der Waals surface area contributed by atoms with Gasteiger partial charge in [-0.2, -0.15) is 0 Å². The zero-order valence-corrected chi connectivity index (χ0v) is 18.3. The smallest absolute Gasteiger partial charge is 0.267 e. The maximum Gasteiger partial charge on any atom is 0.267 e. The van der Waals surface area contributed by atoms with Crippen LogP contribution in [0.25, 0.3) is 22.4 Å². The zero-order valence-electron chi connectivity index (χ0n) is 16.7. The minimum Gasteiger partial charge on any atom is -0.378 e. The van der Waals surface area contributed by atoms with Crippen LogP contribution in [0.4, 0.5) is 10.1 Å². The van der Waals surface area contributed by atoms with E-state index in [4.69, 9.17) is 4.74 Å². The maximum absolute atomic E-state index is 13.0. The highest BCUT2D eigenvalue weighted by Crippen LogP contribution is 2.39. The highest BCUT2D eigenvalue weighted by molar-refractivity contribution is 7.19. The quantitative estimate of drug-likeness (QED) is 0.464. The molecule has 0 spiro atoms. The van der Waals surface area contributed by atoms with Crippen molar-refractivity contribution in [2.45, 2.75) is 0 Å². The highest BCUT2D eigenvalue weighted by atomic mass is 32.1. The first-order valence-electron chi connectivity index (χ1n) is 9.97. The van der Waals surface area contributed by atoms with Crippen molar-refractivity contribution in [1.29, 1.82) is 0 Å². The molecular weight excluding hydrogens is 428 g/mol. The summed E-state index contributed by atoms with van der Waals surface area (Å²) in [7, 11) is 0. The molecule has 0 unspecified atom stereocenters. The van der Waals surface area contributed by atoms with Gasteiger partial charge in [0.15, 0.2) is 5.13 Å². The van der Waals surface area contributed by atoms with E-state index in [9.17, 15) is 4.79 Å². The van der Waals surface area contributed by atoms with E-state index in [0.29, 0.717) is 23.2 Å². The van der Waals surface area contributed by atoms with Crippen LogP contribution in [-0.4, -0.2) is 42.2 Å². The number of nitrogens with zero attached hydrogens (tertiary/aromatic N) is 3. The molecule has 1 aliphatic heterocycles. The summed E-state index contributed by atoms with van der Waals surface area (Å²) in [6, 6.07) is 16.0. The summed E-state index contributed by atoms with van der Waals surface area (Å²) < 4.78 is 5.51. The number of benzene rings is 1. The summed E-state index contributed by atoms with van der Waals surface area (Å²) in [5, 5.41) is 6.57. The number of thiophene rings is 1. The number of carbonyl (C=O) groups is 1. The Morgan fingerprint density at radius 3 is 2.65 bits per heavy atom. The molecule has 1 fully saturated rings. The van der Waals surface area contributed by atoms with Gasteiger partial charge in [0.05, 0.1) is 28.8 Å². The Labute approximate surface area is 188 Å². The fourth-order valence-corrected chi connectivity index (χ4v) is 5.30. The van der Waals surface area contributed by atoms with Gasteiger partial charge in [0.25, 0.3) is 5.91 Å². The first-order valence-corrected chi connectivity index (χ1v) is 11.7. The summed E-state index contributed by atoms with van der Waals surface area (Å²) in [5.41, 5.74) is 3.91. The maximum atomic E-state index is 13.0. The van der Waals surface area contributed by atoms with Gasteiger partial charge in [0.2, 0.25) is 0 Å². The first kappa shape index (κ1) is 19.9. The molecule has 31 heavy (non-hydrogen) atoms. The van der Waals surface area contributed by atoms with Gasteiger partial charge in [0.1, 0.15) is 0 Å². The predicted octanol–water partition coefficient (Wildman–Crippen LogP) is 5.02. The Kier molecular flexibility index (Phi) is 5.75. The van der Waals surface area contributed by atoms with Gasteiger partial charge < -0.3 is 9.64 Å². The Hall–Kier alpha value is -3.07. The van der Waals surface area contributed by atoms with Crippen LogP contribution in [0.15, 0.2) is 66.3 Å². The van der Waals surface area contributed by atoms with E-state index in [-0.39, 0.29) is 5.91 Å². The molecule has 1 saturated heterocycles. The minimum absolute atomic E-state index is 0.145. The first-order chi connectivity index (χ1) is 15.3. The highest BCUT2D eigenvalue weighted by Gasteiger charge is 2.22. The van der Waals surface area contributed by atoms with Gasteiger partial charge >= 0.3 is 0 Å². The van der Waals surface area contributed by atoms with E-state index in [0.717, 1.165) is 40.5 Å². The van der Waals surface area contributed by atoms with Crippen LogP contribution in [0, 0.1) is 0 Å². The summed E-state index contributed by atoms with van der Waals surface area (Å²) in [4.78, 5) is 24.7. The number of morpholine rings is 1. The van der Waals surface area contributed by atoms with E-state index in [1.165, 1.54) is 22.7 Å². The third-order valence-corrected chi connectivity index (χ3v) is 6.95. The Bertz CT molecular complexity index is 1170. The molecule has 8 heteroatoms. The largest absolute Gasteiger partial charge is 0.378 e. The average Bonchev–Trinajstić information content (AvgIpc) is 3.49. The van der Waals surface area contributed by atoms with Crippen molar-refractivity contribution < 1.29 is 9.53 Å². The second kappa shape index (κ2) is 8.97. The van der Waals surface area contributed by atoms with Crippen molar-refractivity contribution >= 4 is 38.7 Å². The van der Waals surface area contributed by atoms with E-state index in [1.807, 2.05) is 41.8 Å². The summed E-state index contributed by atoms with van der Waals surface area (Å²) >= 11 is 2.93. The molecule has 0 atom stereocenters. The second-order valence-electron chi connectivity index (χ2n) is 7.03. The van der Waals surface area contributed by atoms with Crippen molar-refractivity contribution in [3.05, 3.63) is 71.2 Å². The molecule has 1 amide bonds. The predicted molar refractivity (Wildman–Crippen MR) is 126 cm³/mol. The van der Waals surface area contributed by atoms with Crippen LogP contribution in [-0.2, 0) is 4.74 Å². The fraction of sp³-hybridized carbons (Fsp3) is 0.174. The number of ether oxygens (including phenoxy) is 1. The Balaban J connectivity index is 1.41. The molecule has 4 aromatic rings. The molecular formula is C23H20N4O2S2. The SMILES string of the molecule is O=C(Nc1nc(-c2cccnc2)cs1)c1cc(-c2ccccc2)c(N2CCOCC2)s1. The van der Waals surface area contributed by atoms with Crippen molar-refractivity contribution in [1.82, 2.24) is 9.97 Å². The Morgan fingerprint density at radius 1 is 1.06 bits per heavy atom. The molecule has 0 aliphatic carbocycles. The third kappa shape index (κ3) is 4.36. The Morgan fingerprint density at radius 2 is 1.87 bits per heavy atom. The van der Waals surface area contributed by atoms with Gasteiger partial charge in [-0.25, -0.2) is 4.98 Å². The second-order valence-corrected chi connectivity index (χ2v) is 8.92. The molecule has 0 bridgehead atoms. The number of hydrogen-bond acceptors (Lipinski definition) is 7. The standard InChI is InChI=1S/C23H20N4O2S2/c28-21(26-23-25-19(15-30-23)17-7-4-8-24-14-17)20-13-18(16-5-2-1-3-6-16)22(31-20)27-9-11-29-12-10-27/h1-8,13-15H,9-12H2,(H,25,26,28). The van der Waals surface area contributed by atoms with E-state index in [1.54, 1.807) is 12.4 Å².